The van der Waals surface area contributed by atoms with Crippen molar-refractivity contribution in [3.8, 4) is 0 Å². The Hall–Kier alpha value is -0.710. The van der Waals surface area contributed by atoms with Crippen molar-refractivity contribution in [3.05, 3.63) is 0 Å². The Balaban J connectivity index is 3.49. The maximum absolute atomic E-state index is 12.2. The van der Waals surface area contributed by atoms with Crippen LogP contribution in [0.3, 0.4) is 0 Å². The van der Waals surface area contributed by atoms with Crippen LogP contribution in [-0.2, 0) is 19.1 Å². The summed E-state index contributed by atoms with van der Waals surface area (Å²) in [6.45, 7) is 9.73. The van der Waals surface area contributed by atoms with E-state index in [-0.39, 0.29) is 22.4 Å². The third kappa shape index (κ3) is 36.0. The van der Waals surface area contributed by atoms with Gasteiger partial charge >= 0.3 is 11.9 Å². The zero-order valence-corrected chi connectivity index (χ0v) is 31.6. The number of carbonyl (C=O) groups is 2. The fourth-order valence-electron chi connectivity index (χ4n) is 6.05. The molecule has 0 aromatic carbocycles. The molecule has 0 bridgehead atoms. The molecule has 0 heterocycles. The van der Waals surface area contributed by atoms with Gasteiger partial charge in [0.15, 0.2) is 0 Å². The highest BCUT2D eigenvalue weighted by Gasteiger charge is 2.17. The van der Waals surface area contributed by atoms with E-state index in [1.54, 1.807) is 11.8 Å². The maximum atomic E-state index is 12.2. The molecule has 0 N–H and O–H groups in total. The molecule has 0 aliphatic carbocycles. The van der Waals surface area contributed by atoms with Crippen molar-refractivity contribution in [2.24, 2.45) is 0 Å². The molecule has 0 rings (SSSR count). The third-order valence-electron chi connectivity index (χ3n) is 8.89. The molecule has 2 unspecified atom stereocenters. The lowest BCUT2D eigenvalue weighted by Crippen LogP contribution is -2.17. The highest BCUT2D eigenvalue weighted by atomic mass is 32.2. The van der Waals surface area contributed by atoms with E-state index in [1.807, 2.05) is 0 Å². The Morgan fingerprint density at radius 1 is 0.400 bits per heavy atom. The first-order valence-corrected chi connectivity index (χ1v) is 20.9. The second-order valence-electron chi connectivity index (χ2n) is 13.8. The monoisotopic (exact) mass is 655 g/mol. The molecule has 45 heavy (non-hydrogen) atoms. The van der Waals surface area contributed by atoms with E-state index in [0.29, 0.717) is 26.1 Å². The van der Waals surface area contributed by atoms with E-state index in [4.69, 9.17) is 9.47 Å². The van der Waals surface area contributed by atoms with E-state index in [2.05, 4.69) is 27.7 Å². The van der Waals surface area contributed by atoms with Gasteiger partial charge in [0.2, 0.25) is 0 Å². The molecule has 2 atom stereocenters. The lowest BCUT2D eigenvalue weighted by molar-refractivity contribution is -0.144. The van der Waals surface area contributed by atoms with E-state index < -0.39 is 0 Å². The van der Waals surface area contributed by atoms with Gasteiger partial charge in [0.25, 0.3) is 0 Å². The molecule has 0 aromatic rings. The lowest BCUT2D eigenvalue weighted by atomic mass is 10.0. The molecule has 0 spiro atoms. The van der Waals surface area contributed by atoms with Crippen molar-refractivity contribution < 1.29 is 19.1 Å². The van der Waals surface area contributed by atoms with Crippen LogP contribution in [0.1, 0.15) is 220 Å². The minimum Gasteiger partial charge on any atom is -0.466 e. The number of esters is 2. The summed E-state index contributed by atoms with van der Waals surface area (Å²) in [7, 11) is 0. The fraction of sp³-hybridized carbons (Fsp3) is 0.950. The number of carbonyl (C=O) groups excluding carboxylic acids is 2. The fourth-order valence-corrected chi connectivity index (χ4v) is 7.30. The van der Waals surface area contributed by atoms with Gasteiger partial charge in [-0.3, -0.25) is 9.59 Å². The summed E-state index contributed by atoms with van der Waals surface area (Å²) in [5.41, 5.74) is 0. The average Bonchev–Trinajstić information content (AvgIpc) is 3.00. The Kier molecular flexibility index (Phi) is 35.6. The number of thioether (sulfide) groups is 1. The normalized spacial score (nSPS) is 12.7. The molecule has 0 saturated heterocycles. The molecule has 268 valence electrons. The van der Waals surface area contributed by atoms with Crippen molar-refractivity contribution in [1.29, 1.82) is 0 Å². The summed E-state index contributed by atoms with van der Waals surface area (Å²) in [5.74, 6) is -0.227. The third-order valence-corrected chi connectivity index (χ3v) is 10.2. The SMILES string of the molecule is CCCCCCCCCCCCCCCCOC(=O)CC(C)SC(C)CC(=O)OCCCCCCCCCCCCCCCC. The zero-order valence-electron chi connectivity index (χ0n) is 30.8. The topological polar surface area (TPSA) is 52.6 Å². The minimum absolute atomic E-state index is 0.114. The van der Waals surface area contributed by atoms with E-state index in [1.165, 1.54) is 154 Å². The minimum atomic E-state index is -0.114. The second kappa shape index (κ2) is 36.1. The van der Waals surface area contributed by atoms with Crippen LogP contribution in [0.2, 0.25) is 0 Å². The van der Waals surface area contributed by atoms with Gasteiger partial charge in [-0.1, -0.05) is 195 Å². The first-order valence-electron chi connectivity index (χ1n) is 20.0. The smallest absolute Gasteiger partial charge is 0.306 e. The van der Waals surface area contributed by atoms with Crippen LogP contribution in [0.4, 0.5) is 0 Å². The van der Waals surface area contributed by atoms with Crippen LogP contribution in [0, 0.1) is 0 Å². The van der Waals surface area contributed by atoms with Gasteiger partial charge in [-0.25, -0.2) is 0 Å². The first-order chi connectivity index (χ1) is 22.0. The first kappa shape index (κ1) is 44.3. The largest absolute Gasteiger partial charge is 0.466 e. The molecule has 0 aromatic heterocycles. The van der Waals surface area contributed by atoms with Crippen LogP contribution >= 0.6 is 11.8 Å². The number of hydrogen-bond acceptors (Lipinski definition) is 5. The predicted octanol–water partition coefficient (Wildman–Crippen LogP) is 13.3. The Morgan fingerprint density at radius 2 is 0.622 bits per heavy atom. The van der Waals surface area contributed by atoms with Gasteiger partial charge in [0.1, 0.15) is 0 Å². The van der Waals surface area contributed by atoms with Crippen LogP contribution in [0.5, 0.6) is 0 Å². The van der Waals surface area contributed by atoms with Crippen molar-refractivity contribution in [3.63, 3.8) is 0 Å². The van der Waals surface area contributed by atoms with E-state index in [0.717, 1.165) is 25.7 Å². The van der Waals surface area contributed by atoms with Crippen molar-refractivity contribution in [1.82, 2.24) is 0 Å². The standard InChI is InChI=1S/C40H78O4S/c1-5-7-9-11-13-15-17-19-21-23-25-27-29-31-33-43-39(41)35-37(3)45-38(4)36-40(42)44-34-32-30-28-26-24-22-20-18-16-14-12-10-8-6-2/h37-38H,5-36H2,1-4H3. The van der Waals surface area contributed by atoms with Crippen LogP contribution < -0.4 is 0 Å². The summed E-state index contributed by atoms with van der Waals surface area (Å²) in [4.78, 5) is 24.5. The van der Waals surface area contributed by atoms with Gasteiger partial charge in [-0.05, 0) is 12.8 Å². The number of rotatable bonds is 36. The Bertz CT molecular complexity index is 573. The molecule has 0 amide bonds. The molecule has 0 saturated carbocycles. The molecule has 5 heteroatoms. The van der Waals surface area contributed by atoms with Gasteiger partial charge in [0, 0.05) is 10.5 Å². The van der Waals surface area contributed by atoms with Gasteiger partial charge in [-0.2, -0.15) is 11.8 Å². The number of unbranched alkanes of at least 4 members (excludes halogenated alkanes) is 26. The van der Waals surface area contributed by atoms with Crippen molar-refractivity contribution >= 4 is 23.7 Å². The second-order valence-corrected chi connectivity index (χ2v) is 15.7. The van der Waals surface area contributed by atoms with Crippen LogP contribution in [0.25, 0.3) is 0 Å². The highest BCUT2D eigenvalue weighted by molar-refractivity contribution is 8.00. The predicted molar refractivity (Wildman–Crippen MR) is 198 cm³/mol. The lowest BCUT2D eigenvalue weighted by Gasteiger charge is -2.16. The summed E-state index contributed by atoms with van der Waals surface area (Å²) < 4.78 is 11.0. The van der Waals surface area contributed by atoms with Gasteiger partial charge in [-0.15, -0.1) is 0 Å². The molecule has 0 fully saturated rings. The van der Waals surface area contributed by atoms with E-state index >= 15 is 0 Å². The Labute approximate surface area is 286 Å². The van der Waals surface area contributed by atoms with Crippen LogP contribution in [0.15, 0.2) is 0 Å². The summed E-state index contributed by atoms with van der Waals surface area (Å²) in [5, 5.41) is 0.282. The van der Waals surface area contributed by atoms with Crippen LogP contribution in [-0.4, -0.2) is 35.7 Å². The molecular formula is C40H78O4S. The summed E-state index contributed by atoms with van der Waals surface area (Å²) >= 11 is 1.68. The molecule has 4 nitrogen and oxygen atoms in total. The highest BCUT2D eigenvalue weighted by Crippen LogP contribution is 2.23. The molecule has 0 aliphatic heterocycles. The number of ether oxygens (including phenoxy) is 2. The summed E-state index contributed by atoms with van der Waals surface area (Å²) in [6.07, 6.45) is 38.0. The Morgan fingerprint density at radius 3 is 0.867 bits per heavy atom. The maximum Gasteiger partial charge on any atom is 0.306 e. The van der Waals surface area contributed by atoms with Gasteiger partial charge < -0.3 is 9.47 Å². The zero-order chi connectivity index (χ0) is 33.1. The van der Waals surface area contributed by atoms with Crippen molar-refractivity contribution in [2.45, 2.75) is 231 Å². The van der Waals surface area contributed by atoms with Crippen molar-refractivity contribution in [2.75, 3.05) is 13.2 Å². The van der Waals surface area contributed by atoms with E-state index in [9.17, 15) is 9.59 Å². The molecule has 0 aliphatic rings. The quantitative estimate of drug-likeness (QED) is 0.0497. The van der Waals surface area contributed by atoms with Gasteiger partial charge in [0.05, 0.1) is 26.1 Å². The number of hydrogen-bond donors (Lipinski definition) is 0. The molecular weight excluding hydrogens is 577 g/mol. The average molecular weight is 655 g/mol. The summed E-state index contributed by atoms with van der Waals surface area (Å²) in [6, 6.07) is 0. The molecule has 0 radical (unpaired) electrons.